The van der Waals surface area contributed by atoms with Gasteiger partial charge in [0.25, 0.3) is 0 Å². The summed E-state index contributed by atoms with van der Waals surface area (Å²) in [4.78, 5) is 12.3. The fraction of sp³-hybridized carbons (Fsp3) is 0.650. The molecule has 2 saturated heterocycles. The van der Waals surface area contributed by atoms with Crippen molar-refractivity contribution in [2.45, 2.75) is 20.3 Å². The minimum atomic E-state index is 0. The average Bonchev–Trinajstić information content (AvgIpc) is 3.13. The van der Waals surface area contributed by atoms with Gasteiger partial charge in [0.1, 0.15) is 0 Å². The molecule has 2 fully saturated rings. The molecule has 0 aromatic heterocycles. The second-order valence-electron chi connectivity index (χ2n) is 7.20. The van der Waals surface area contributed by atoms with E-state index in [1.165, 1.54) is 25.2 Å². The number of hydrogen-bond donors (Lipinski definition) is 1. The molecular weight excluding hydrogens is 473 g/mol. The number of piperazine rings is 1. The number of rotatable bonds is 5. The summed E-state index contributed by atoms with van der Waals surface area (Å²) in [5, 5.41) is 4.29. The third-order valence-corrected chi connectivity index (χ3v) is 5.64. The molecule has 152 valence electrons. The van der Waals surface area contributed by atoms with Gasteiger partial charge >= 0.3 is 0 Å². The standard InChI is InChI=1S/C20H32ClN5.HI/c1-3-22-20(23-15-17-8-9-24(4-2)16-17)26-12-10-25(11-13-26)19-7-5-6-18(21)14-19;/h5-7,14,17H,3-4,8-13,15-16H2,1-2H3,(H,22,23);1H. The molecule has 2 aliphatic rings. The lowest BCUT2D eigenvalue weighted by Gasteiger charge is -2.37. The van der Waals surface area contributed by atoms with E-state index in [2.05, 4.69) is 46.0 Å². The summed E-state index contributed by atoms with van der Waals surface area (Å²) < 4.78 is 0. The first-order valence-corrected chi connectivity index (χ1v) is 10.3. The van der Waals surface area contributed by atoms with Crippen LogP contribution in [0.15, 0.2) is 29.3 Å². The lowest BCUT2D eigenvalue weighted by Crippen LogP contribution is -2.52. The van der Waals surface area contributed by atoms with E-state index in [1.807, 2.05) is 12.1 Å². The monoisotopic (exact) mass is 505 g/mol. The summed E-state index contributed by atoms with van der Waals surface area (Å²) in [6.07, 6.45) is 1.28. The van der Waals surface area contributed by atoms with Gasteiger partial charge in [0, 0.05) is 56.5 Å². The van der Waals surface area contributed by atoms with Crippen LogP contribution in [0, 0.1) is 5.92 Å². The average molecular weight is 506 g/mol. The van der Waals surface area contributed by atoms with Gasteiger partial charge in [0.2, 0.25) is 0 Å². The molecule has 0 amide bonds. The Labute approximate surface area is 186 Å². The van der Waals surface area contributed by atoms with Gasteiger partial charge in [-0.15, -0.1) is 24.0 Å². The Kier molecular flexibility index (Phi) is 9.45. The maximum atomic E-state index is 6.14. The fourth-order valence-corrected chi connectivity index (χ4v) is 4.02. The van der Waals surface area contributed by atoms with Gasteiger partial charge in [0.15, 0.2) is 5.96 Å². The second kappa shape index (κ2) is 11.3. The number of benzene rings is 1. The third-order valence-electron chi connectivity index (χ3n) is 5.40. The highest BCUT2D eigenvalue weighted by Crippen LogP contribution is 2.21. The maximum Gasteiger partial charge on any atom is 0.194 e. The summed E-state index contributed by atoms with van der Waals surface area (Å²) in [6.45, 7) is 13.8. The molecule has 1 aromatic carbocycles. The Balaban J connectivity index is 0.00000261. The van der Waals surface area contributed by atoms with Crippen molar-refractivity contribution in [3.05, 3.63) is 29.3 Å². The summed E-state index contributed by atoms with van der Waals surface area (Å²) in [7, 11) is 0. The second-order valence-corrected chi connectivity index (χ2v) is 7.63. The van der Waals surface area contributed by atoms with Crippen LogP contribution in [0.3, 0.4) is 0 Å². The highest BCUT2D eigenvalue weighted by atomic mass is 127. The molecule has 1 unspecified atom stereocenters. The highest BCUT2D eigenvalue weighted by molar-refractivity contribution is 14.0. The molecule has 0 aliphatic carbocycles. The fourth-order valence-electron chi connectivity index (χ4n) is 3.84. The van der Waals surface area contributed by atoms with E-state index >= 15 is 0 Å². The van der Waals surface area contributed by atoms with Crippen LogP contribution in [0.1, 0.15) is 20.3 Å². The number of nitrogens with zero attached hydrogens (tertiary/aromatic N) is 4. The zero-order valence-corrected chi connectivity index (χ0v) is 19.6. The first kappa shape index (κ1) is 22.6. The van der Waals surface area contributed by atoms with Crippen LogP contribution in [0.2, 0.25) is 5.02 Å². The molecule has 3 rings (SSSR count). The summed E-state index contributed by atoms with van der Waals surface area (Å²) >= 11 is 6.14. The van der Waals surface area contributed by atoms with Crippen molar-refractivity contribution in [1.29, 1.82) is 0 Å². The van der Waals surface area contributed by atoms with Gasteiger partial charge in [-0.05, 0) is 50.6 Å². The molecule has 7 heteroatoms. The van der Waals surface area contributed by atoms with Crippen molar-refractivity contribution in [2.75, 3.05) is 63.8 Å². The molecule has 0 radical (unpaired) electrons. The van der Waals surface area contributed by atoms with E-state index in [0.717, 1.165) is 56.8 Å². The molecular formula is C20H33ClIN5. The smallest absolute Gasteiger partial charge is 0.194 e. The van der Waals surface area contributed by atoms with Crippen LogP contribution in [0.25, 0.3) is 0 Å². The number of anilines is 1. The molecule has 2 heterocycles. The quantitative estimate of drug-likeness (QED) is 0.378. The van der Waals surface area contributed by atoms with Crippen molar-refractivity contribution >= 4 is 47.2 Å². The molecule has 1 atom stereocenters. The Hall–Kier alpha value is -0.730. The van der Waals surface area contributed by atoms with Gasteiger partial charge in [-0.2, -0.15) is 0 Å². The highest BCUT2D eigenvalue weighted by Gasteiger charge is 2.23. The first-order valence-electron chi connectivity index (χ1n) is 9.95. The van der Waals surface area contributed by atoms with Gasteiger partial charge in [-0.3, -0.25) is 4.99 Å². The number of nitrogens with one attached hydrogen (secondary N) is 1. The zero-order valence-electron chi connectivity index (χ0n) is 16.5. The van der Waals surface area contributed by atoms with E-state index in [0.29, 0.717) is 5.92 Å². The third kappa shape index (κ3) is 6.39. The largest absolute Gasteiger partial charge is 0.368 e. The van der Waals surface area contributed by atoms with Crippen LogP contribution in [0.4, 0.5) is 5.69 Å². The number of halogens is 2. The minimum absolute atomic E-state index is 0. The Morgan fingerprint density at radius 3 is 2.59 bits per heavy atom. The first-order chi connectivity index (χ1) is 12.7. The lowest BCUT2D eigenvalue weighted by molar-refractivity contribution is 0.342. The van der Waals surface area contributed by atoms with Gasteiger partial charge in [-0.1, -0.05) is 24.6 Å². The molecule has 1 aromatic rings. The van der Waals surface area contributed by atoms with Crippen molar-refractivity contribution in [3.63, 3.8) is 0 Å². The summed E-state index contributed by atoms with van der Waals surface area (Å²) in [6, 6.07) is 8.15. The minimum Gasteiger partial charge on any atom is -0.368 e. The summed E-state index contributed by atoms with van der Waals surface area (Å²) in [5.41, 5.74) is 1.21. The van der Waals surface area contributed by atoms with Crippen LogP contribution in [-0.4, -0.2) is 74.7 Å². The molecule has 1 N–H and O–H groups in total. The number of guanidine groups is 1. The van der Waals surface area contributed by atoms with Gasteiger partial charge in [-0.25, -0.2) is 0 Å². The Morgan fingerprint density at radius 1 is 1.19 bits per heavy atom. The topological polar surface area (TPSA) is 34.1 Å². The predicted molar refractivity (Wildman–Crippen MR) is 127 cm³/mol. The van der Waals surface area contributed by atoms with E-state index in [4.69, 9.17) is 16.6 Å². The molecule has 5 nitrogen and oxygen atoms in total. The van der Waals surface area contributed by atoms with Gasteiger partial charge in [0.05, 0.1) is 0 Å². The van der Waals surface area contributed by atoms with E-state index in [9.17, 15) is 0 Å². The number of likely N-dealkylation sites (tertiary alicyclic amines) is 1. The molecule has 0 saturated carbocycles. The van der Waals surface area contributed by atoms with E-state index < -0.39 is 0 Å². The van der Waals surface area contributed by atoms with Crippen molar-refractivity contribution < 1.29 is 0 Å². The maximum absolute atomic E-state index is 6.14. The van der Waals surface area contributed by atoms with E-state index in [1.54, 1.807) is 0 Å². The molecule has 27 heavy (non-hydrogen) atoms. The van der Waals surface area contributed by atoms with Crippen molar-refractivity contribution in [2.24, 2.45) is 10.9 Å². The number of hydrogen-bond acceptors (Lipinski definition) is 3. The normalized spacial score (nSPS) is 21.3. The van der Waals surface area contributed by atoms with E-state index in [-0.39, 0.29) is 24.0 Å². The Morgan fingerprint density at radius 2 is 1.96 bits per heavy atom. The lowest BCUT2D eigenvalue weighted by atomic mass is 10.1. The van der Waals surface area contributed by atoms with Crippen molar-refractivity contribution in [3.8, 4) is 0 Å². The Bertz CT molecular complexity index is 604. The zero-order chi connectivity index (χ0) is 18.4. The predicted octanol–water partition coefficient (Wildman–Crippen LogP) is 3.39. The van der Waals surface area contributed by atoms with Crippen LogP contribution in [-0.2, 0) is 0 Å². The van der Waals surface area contributed by atoms with Crippen LogP contribution in [0.5, 0.6) is 0 Å². The SMILES string of the molecule is CCNC(=NCC1CCN(CC)C1)N1CCN(c2cccc(Cl)c2)CC1.I. The molecule has 0 bridgehead atoms. The number of aliphatic imine (C=N–C) groups is 1. The van der Waals surface area contributed by atoms with Gasteiger partial charge < -0.3 is 20.0 Å². The van der Waals surface area contributed by atoms with Crippen LogP contribution >= 0.6 is 35.6 Å². The van der Waals surface area contributed by atoms with Crippen LogP contribution < -0.4 is 10.2 Å². The van der Waals surface area contributed by atoms with Crippen molar-refractivity contribution in [1.82, 2.24) is 15.1 Å². The molecule has 0 spiro atoms. The summed E-state index contributed by atoms with van der Waals surface area (Å²) in [5.74, 6) is 1.78. The molecule has 2 aliphatic heterocycles.